The molecule has 0 saturated carbocycles. The number of aryl methyl sites for hydroxylation is 1. The third-order valence-electron chi connectivity index (χ3n) is 1.95. The molecule has 0 radical (unpaired) electrons. The third-order valence-corrected chi connectivity index (χ3v) is 2.71. The number of rotatable bonds is 4. The summed E-state index contributed by atoms with van der Waals surface area (Å²) in [5.41, 5.74) is 0.928. The summed E-state index contributed by atoms with van der Waals surface area (Å²) < 4.78 is 21.6. The Kier molecular flexibility index (Phi) is 7.78. The van der Waals surface area contributed by atoms with Gasteiger partial charge in [0.05, 0.1) is 0 Å². The fraction of sp³-hybridized carbons (Fsp3) is 0.400. The zero-order valence-electron chi connectivity index (χ0n) is 8.66. The Labute approximate surface area is 110 Å². The molecular formula is C10H13NaO2S. The van der Waals surface area contributed by atoms with Gasteiger partial charge in [0.1, 0.15) is 0 Å². The van der Waals surface area contributed by atoms with E-state index < -0.39 is 11.1 Å². The van der Waals surface area contributed by atoms with Crippen LogP contribution in [0.1, 0.15) is 25.3 Å². The van der Waals surface area contributed by atoms with Crippen LogP contribution in [-0.4, -0.2) is 8.76 Å². The van der Waals surface area contributed by atoms with E-state index in [0.29, 0.717) is 4.90 Å². The maximum Gasteiger partial charge on any atom is 1.00 e. The minimum absolute atomic E-state index is 0. The molecule has 1 aromatic carbocycles. The summed E-state index contributed by atoms with van der Waals surface area (Å²) in [5, 5.41) is 0. The summed E-state index contributed by atoms with van der Waals surface area (Å²) in [6.45, 7) is 2.09. The van der Waals surface area contributed by atoms with Gasteiger partial charge in [-0.2, -0.15) is 0 Å². The molecule has 0 amide bonds. The van der Waals surface area contributed by atoms with Gasteiger partial charge in [0.25, 0.3) is 0 Å². The fourth-order valence-corrected chi connectivity index (χ4v) is 1.81. The molecule has 4 heteroatoms. The minimum atomic E-state index is -2.09. The molecule has 1 aromatic rings. The second kappa shape index (κ2) is 7.60. The van der Waals surface area contributed by atoms with Gasteiger partial charge in [0.15, 0.2) is 0 Å². The van der Waals surface area contributed by atoms with Crippen LogP contribution in [0.5, 0.6) is 0 Å². The van der Waals surface area contributed by atoms with Gasteiger partial charge in [0, 0.05) is 4.90 Å². The molecule has 0 bridgehead atoms. The van der Waals surface area contributed by atoms with Crippen molar-refractivity contribution in [3.8, 4) is 0 Å². The average Bonchev–Trinajstić information content (AvgIpc) is 2.15. The summed E-state index contributed by atoms with van der Waals surface area (Å²) in [6.07, 6.45) is 2.97. The average molecular weight is 220 g/mol. The van der Waals surface area contributed by atoms with Crippen LogP contribution in [0.3, 0.4) is 0 Å². The predicted molar refractivity (Wildman–Crippen MR) is 52.2 cm³/mol. The Morgan fingerprint density at radius 1 is 1.36 bits per heavy atom. The fourth-order valence-electron chi connectivity index (χ4n) is 1.24. The normalized spacial score (nSPS) is 11.9. The topological polar surface area (TPSA) is 40.1 Å². The van der Waals surface area contributed by atoms with E-state index in [1.54, 1.807) is 12.1 Å². The first-order chi connectivity index (χ1) is 6.25. The van der Waals surface area contributed by atoms with Crippen molar-refractivity contribution in [2.24, 2.45) is 0 Å². The zero-order chi connectivity index (χ0) is 9.68. The molecule has 72 valence electrons. The number of unbranched alkanes of at least 4 members (excludes halogenated alkanes) is 1. The minimum Gasteiger partial charge on any atom is -0.768 e. The standard InChI is InChI=1S/C10H14O2S.Na/c1-2-3-6-9-7-4-5-8-10(9)13(11)12;/h4-5,7-8H,2-3,6H2,1H3,(H,11,12);/q;+1/p-1. The van der Waals surface area contributed by atoms with Gasteiger partial charge < -0.3 is 4.55 Å². The van der Waals surface area contributed by atoms with Crippen molar-refractivity contribution in [1.29, 1.82) is 0 Å². The van der Waals surface area contributed by atoms with E-state index >= 15 is 0 Å². The van der Waals surface area contributed by atoms with Crippen molar-refractivity contribution in [2.45, 2.75) is 31.1 Å². The van der Waals surface area contributed by atoms with Gasteiger partial charge >= 0.3 is 29.6 Å². The largest absolute Gasteiger partial charge is 1.00 e. The molecule has 0 saturated heterocycles. The van der Waals surface area contributed by atoms with Crippen LogP contribution < -0.4 is 29.6 Å². The maximum absolute atomic E-state index is 10.8. The van der Waals surface area contributed by atoms with E-state index in [-0.39, 0.29) is 29.6 Å². The van der Waals surface area contributed by atoms with Crippen LogP contribution in [0.4, 0.5) is 0 Å². The van der Waals surface area contributed by atoms with E-state index in [1.165, 1.54) is 0 Å². The quantitative estimate of drug-likeness (QED) is 0.496. The smallest absolute Gasteiger partial charge is 0.768 e. The Hall–Kier alpha value is 0.330. The van der Waals surface area contributed by atoms with Crippen LogP contribution in [0.2, 0.25) is 0 Å². The Bertz CT molecular complexity index is 302. The second-order valence-electron chi connectivity index (χ2n) is 2.95. The molecule has 0 spiro atoms. The van der Waals surface area contributed by atoms with Gasteiger partial charge in [-0.3, -0.25) is 4.21 Å². The first-order valence-electron chi connectivity index (χ1n) is 4.43. The van der Waals surface area contributed by atoms with Gasteiger partial charge in [0.2, 0.25) is 0 Å². The second-order valence-corrected chi connectivity index (χ2v) is 3.86. The van der Waals surface area contributed by atoms with E-state index in [4.69, 9.17) is 0 Å². The van der Waals surface area contributed by atoms with Gasteiger partial charge in [-0.15, -0.1) is 0 Å². The Balaban J connectivity index is 0.00000169. The van der Waals surface area contributed by atoms with Crippen LogP contribution in [0.15, 0.2) is 29.2 Å². The molecule has 0 fully saturated rings. The first-order valence-corrected chi connectivity index (χ1v) is 5.50. The monoisotopic (exact) mass is 220 g/mol. The summed E-state index contributed by atoms with van der Waals surface area (Å²) in [7, 11) is 0. The van der Waals surface area contributed by atoms with Crippen molar-refractivity contribution in [3.63, 3.8) is 0 Å². The Morgan fingerprint density at radius 3 is 2.57 bits per heavy atom. The number of hydrogen-bond acceptors (Lipinski definition) is 2. The summed E-state index contributed by atoms with van der Waals surface area (Å²) in [5.74, 6) is 0. The van der Waals surface area contributed by atoms with E-state index in [9.17, 15) is 8.76 Å². The maximum atomic E-state index is 10.8. The van der Waals surface area contributed by atoms with Crippen molar-refractivity contribution in [2.75, 3.05) is 0 Å². The molecule has 0 heterocycles. The Morgan fingerprint density at radius 2 is 2.00 bits per heavy atom. The molecular weight excluding hydrogens is 207 g/mol. The molecule has 1 unspecified atom stereocenters. The van der Waals surface area contributed by atoms with Crippen molar-refractivity contribution < 1.29 is 38.3 Å². The van der Waals surface area contributed by atoms with Crippen molar-refractivity contribution in [3.05, 3.63) is 29.8 Å². The molecule has 1 atom stereocenters. The van der Waals surface area contributed by atoms with Gasteiger partial charge in [-0.05, 0) is 35.6 Å². The summed E-state index contributed by atoms with van der Waals surface area (Å²) >= 11 is -2.09. The summed E-state index contributed by atoms with van der Waals surface area (Å²) in [6, 6.07) is 7.15. The molecule has 0 aliphatic carbocycles. The molecule has 2 nitrogen and oxygen atoms in total. The number of benzene rings is 1. The van der Waals surface area contributed by atoms with Crippen LogP contribution in [0, 0.1) is 0 Å². The van der Waals surface area contributed by atoms with Crippen LogP contribution in [0.25, 0.3) is 0 Å². The molecule has 0 aliphatic rings. The van der Waals surface area contributed by atoms with E-state index in [2.05, 4.69) is 6.92 Å². The zero-order valence-corrected chi connectivity index (χ0v) is 11.5. The van der Waals surface area contributed by atoms with Gasteiger partial charge in [-0.1, -0.05) is 31.5 Å². The van der Waals surface area contributed by atoms with Crippen LogP contribution >= 0.6 is 0 Å². The van der Waals surface area contributed by atoms with Gasteiger partial charge in [-0.25, -0.2) is 0 Å². The molecule has 0 aromatic heterocycles. The van der Waals surface area contributed by atoms with Crippen LogP contribution in [-0.2, 0) is 17.5 Å². The number of hydrogen-bond donors (Lipinski definition) is 0. The molecule has 14 heavy (non-hydrogen) atoms. The molecule has 1 rings (SSSR count). The van der Waals surface area contributed by atoms with Crippen molar-refractivity contribution >= 4 is 11.1 Å². The predicted octanol–water partition coefficient (Wildman–Crippen LogP) is -0.729. The SMILES string of the molecule is CCCCc1ccccc1S(=O)[O-].[Na+]. The van der Waals surface area contributed by atoms with Crippen molar-refractivity contribution in [1.82, 2.24) is 0 Å². The summed E-state index contributed by atoms with van der Waals surface area (Å²) in [4.78, 5) is 0.441. The molecule has 0 N–H and O–H groups in total. The van der Waals surface area contributed by atoms with E-state index in [0.717, 1.165) is 24.8 Å². The molecule has 0 aliphatic heterocycles. The first kappa shape index (κ1) is 14.3. The van der Waals surface area contributed by atoms with E-state index in [1.807, 2.05) is 12.1 Å². The third kappa shape index (κ3) is 4.24.